The maximum absolute atomic E-state index is 11.6. The fourth-order valence-corrected chi connectivity index (χ4v) is 2.58. The third kappa shape index (κ3) is 3.46. The third-order valence-electron chi connectivity index (χ3n) is 3.72. The van der Waals surface area contributed by atoms with E-state index in [9.17, 15) is 20.0 Å². The molecule has 0 aromatic heterocycles. The number of aliphatic hydroxyl groups is 1. The molecule has 0 heterocycles. The normalized spacial score (nSPS) is 22.6. The molecule has 0 saturated heterocycles. The number of carbonyl (C=O) groups is 1. The van der Waals surface area contributed by atoms with Crippen molar-refractivity contribution in [2.45, 2.75) is 18.9 Å². The summed E-state index contributed by atoms with van der Waals surface area (Å²) >= 11 is 0. The van der Waals surface area contributed by atoms with Crippen molar-refractivity contribution < 1.29 is 19.6 Å². The monoisotopic (exact) mass is 291 g/mol. The Morgan fingerprint density at radius 2 is 2.29 bits per heavy atom. The number of ether oxygens (including phenoxy) is 1. The quantitative estimate of drug-likeness (QED) is 0.398. The molecule has 1 aromatic carbocycles. The molecule has 0 saturated carbocycles. The van der Waals surface area contributed by atoms with Gasteiger partial charge in [-0.05, 0) is 18.4 Å². The van der Waals surface area contributed by atoms with Gasteiger partial charge in [-0.15, -0.1) is 0 Å². The van der Waals surface area contributed by atoms with Gasteiger partial charge in [0.15, 0.2) is 0 Å². The van der Waals surface area contributed by atoms with E-state index in [1.54, 1.807) is 12.1 Å². The van der Waals surface area contributed by atoms with Crippen LogP contribution in [0.15, 0.2) is 36.4 Å². The van der Waals surface area contributed by atoms with Gasteiger partial charge in [0.25, 0.3) is 5.69 Å². The molecule has 6 heteroatoms. The number of allylic oxidation sites excluding steroid dienone is 1. The highest BCUT2D eigenvalue weighted by atomic mass is 16.6. The maximum atomic E-state index is 11.6. The number of hydrogen-bond acceptors (Lipinski definition) is 5. The van der Waals surface area contributed by atoms with Crippen LogP contribution in [0, 0.1) is 22.0 Å². The second-order valence-corrected chi connectivity index (χ2v) is 5.08. The van der Waals surface area contributed by atoms with Crippen LogP contribution in [0.25, 0.3) is 0 Å². The van der Waals surface area contributed by atoms with Crippen LogP contribution in [0.1, 0.15) is 24.5 Å². The Kier molecular flexibility index (Phi) is 4.70. The fraction of sp³-hybridized carbons (Fsp3) is 0.400. The van der Waals surface area contributed by atoms with Crippen molar-refractivity contribution in [1.82, 2.24) is 0 Å². The third-order valence-corrected chi connectivity index (χ3v) is 3.72. The molecule has 0 aliphatic heterocycles. The number of nitro groups is 1. The smallest absolute Gasteiger partial charge is 0.308 e. The molecule has 1 aliphatic carbocycles. The molecule has 0 unspecified atom stereocenters. The van der Waals surface area contributed by atoms with Gasteiger partial charge in [-0.3, -0.25) is 14.9 Å². The molecule has 6 nitrogen and oxygen atoms in total. The van der Waals surface area contributed by atoms with Crippen molar-refractivity contribution in [2.75, 3.05) is 7.11 Å². The minimum atomic E-state index is -0.881. The molecule has 0 bridgehead atoms. The number of aliphatic hydroxyl groups excluding tert-OH is 1. The van der Waals surface area contributed by atoms with Gasteiger partial charge in [-0.1, -0.05) is 24.3 Å². The number of benzene rings is 1. The standard InChI is InChI=1S/C15H17NO5/c1-21-15(18)12-6-2-4-10(8-12)14(17)11-5-3-7-13(9-11)16(19)20/h2-5,7,9-10,12,14,17H,6,8H2,1H3/t10-,12-,14-/m1/s1. The lowest BCUT2D eigenvalue weighted by Gasteiger charge is -2.27. The molecule has 112 valence electrons. The Balaban J connectivity index is 2.16. The molecule has 1 aromatic rings. The van der Waals surface area contributed by atoms with E-state index in [4.69, 9.17) is 4.74 Å². The highest BCUT2D eigenvalue weighted by Gasteiger charge is 2.29. The zero-order valence-corrected chi connectivity index (χ0v) is 11.6. The molecule has 1 aliphatic rings. The molecular formula is C15H17NO5. The number of non-ortho nitro benzene ring substituents is 1. The van der Waals surface area contributed by atoms with Crippen LogP contribution in [0.5, 0.6) is 0 Å². The van der Waals surface area contributed by atoms with Gasteiger partial charge < -0.3 is 9.84 Å². The fourth-order valence-electron chi connectivity index (χ4n) is 2.58. The lowest BCUT2D eigenvalue weighted by molar-refractivity contribution is -0.385. The molecular weight excluding hydrogens is 274 g/mol. The van der Waals surface area contributed by atoms with Gasteiger partial charge >= 0.3 is 5.97 Å². The number of hydrogen-bond donors (Lipinski definition) is 1. The number of esters is 1. The molecule has 2 rings (SSSR count). The van der Waals surface area contributed by atoms with Crippen LogP contribution >= 0.6 is 0 Å². The summed E-state index contributed by atoms with van der Waals surface area (Å²) in [5.74, 6) is -0.834. The predicted octanol–water partition coefficient (Wildman–Crippen LogP) is 2.38. The number of nitro benzene ring substituents is 1. The summed E-state index contributed by atoms with van der Waals surface area (Å²) in [6, 6.07) is 5.93. The number of rotatable bonds is 4. The molecule has 3 atom stereocenters. The van der Waals surface area contributed by atoms with Gasteiger partial charge in [0, 0.05) is 18.1 Å². The average Bonchev–Trinajstić information content (AvgIpc) is 2.53. The first-order chi connectivity index (χ1) is 10.0. The summed E-state index contributed by atoms with van der Waals surface area (Å²) in [5.41, 5.74) is 0.417. The van der Waals surface area contributed by atoms with Crippen LogP contribution in [-0.4, -0.2) is 23.1 Å². The van der Waals surface area contributed by atoms with Crippen LogP contribution in [0.4, 0.5) is 5.69 Å². The number of nitrogens with zero attached hydrogens (tertiary/aromatic N) is 1. The van der Waals surface area contributed by atoms with Crippen LogP contribution in [-0.2, 0) is 9.53 Å². The second-order valence-electron chi connectivity index (χ2n) is 5.08. The van der Waals surface area contributed by atoms with Gasteiger partial charge in [0.1, 0.15) is 0 Å². The molecule has 1 N–H and O–H groups in total. The maximum Gasteiger partial charge on any atom is 0.308 e. The molecule has 0 amide bonds. The van der Waals surface area contributed by atoms with Crippen LogP contribution < -0.4 is 0 Å². The lowest BCUT2D eigenvalue weighted by Crippen LogP contribution is -2.24. The molecule has 21 heavy (non-hydrogen) atoms. The van der Waals surface area contributed by atoms with Crippen LogP contribution in [0.3, 0.4) is 0 Å². The first kappa shape index (κ1) is 15.2. The summed E-state index contributed by atoms with van der Waals surface area (Å²) < 4.78 is 4.73. The zero-order valence-electron chi connectivity index (χ0n) is 11.6. The van der Waals surface area contributed by atoms with E-state index in [0.29, 0.717) is 18.4 Å². The molecule has 0 fully saturated rings. The van der Waals surface area contributed by atoms with Crippen molar-refractivity contribution >= 4 is 11.7 Å². The van der Waals surface area contributed by atoms with Crippen molar-refractivity contribution in [1.29, 1.82) is 0 Å². The first-order valence-corrected chi connectivity index (χ1v) is 6.70. The van der Waals surface area contributed by atoms with E-state index in [0.717, 1.165) is 0 Å². The topological polar surface area (TPSA) is 89.7 Å². The van der Waals surface area contributed by atoms with Gasteiger partial charge in [0.05, 0.1) is 24.1 Å². The van der Waals surface area contributed by atoms with E-state index in [-0.39, 0.29) is 23.5 Å². The highest BCUT2D eigenvalue weighted by Crippen LogP contribution is 2.34. The van der Waals surface area contributed by atoms with Gasteiger partial charge in [0.2, 0.25) is 0 Å². The Morgan fingerprint density at radius 1 is 1.52 bits per heavy atom. The Morgan fingerprint density at radius 3 is 2.95 bits per heavy atom. The van der Waals surface area contributed by atoms with Crippen molar-refractivity contribution in [2.24, 2.45) is 11.8 Å². The minimum Gasteiger partial charge on any atom is -0.469 e. The predicted molar refractivity (Wildman–Crippen MR) is 75.4 cm³/mol. The summed E-state index contributed by atoms with van der Waals surface area (Å²) in [5, 5.41) is 21.2. The Hall–Kier alpha value is -2.21. The van der Waals surface area contributed by atoms with Gasteiger partial charge in [-0.25, -0.2) is 0 Å². The van der Waals surface area contributed by atoms with E-state index in [1.165, 1.54) is 19.2 Å². The van der Waals surface area contributed by atoms with E-state index < -0.39 is 11.0 Å². The minimum absolute atomic E-state index is 0.0594. The first-order valence-electron chi connectivity index (χ1n) is 6.70. The highest BCUT2D eigenvalue weighted by molar-refractivity contribution is 5.72. The van der Waals surface area contributed by atoms with Crippen LogP contribution in [0.2, 0.25) is 0 Å². The Labute approximate surface area is 122 Å². The van der Waals surface area contributed by atoms with E-state index in [1.807, 2.05) is 12.2 Å². The number of methoxy groups -OCH3 is 1. The van der Waals surface area contributed by atoms with Crippen molar-refractivity contribution in [3.8, 4) is 0 Å². The van der Waals surface area contributed by atoms with Crippen molar-refractivity contribution in [3.05, 3.63) is 52.1 Å². The summed E-state index contributed by atoms with van der Waals surface area (Å²) in [6.45, 7) is 0. The van der Waals surface area contributed by atoms with E-state index in [2.05, 4.69) is 0 Å². The Bertz CT molecular complexity index is 569. The van der Waals surface area contributed by atoms with E-state index >= 15 is 0 Å². The zero-order chi connectivity index (χ0) is 15.4. The SMILES string of the molecule is COC(=O)[C@@H]1CC=C[C@@H]([C@@H](O)c2cccc([N+](=O)[O-])c2)C1. The second kappa shape index (κ2) is 6.49. The summed E-state index contributed by atoms with van der Waals surface area (Å²) in [7, 11) is 1.34. The lowest BCUT2D eigenvalue weighted by atomic mass is 9.81. The molecule has 0 spiro atoms. The summed E-state index contributed by atoms with van der Waals surface area (Å²) in [6.07, 6.45) is 3.87. The average molecular weight is 291 g/mol. The van der Waals surface area contributed by atoms with Crippen molar-refractivity contribution in [3.63, 3.8) is 0 Å². The largest absolute Gasteiger partial charge is 0.469 e. The number of carbonyl (C=O) groups excluding carboxylic acids is 1. The van der Waals surface area contributed by atoms with Gasteiger partial charge in [-0.2, -0.15) is 0 Å². The molecule has 0 radical (unpaired) electrons. The summed E-state index contributed by atoms with van der Waals surface area (Å²) in [4.78, 5) is 21.9.